The van der Waals surface area contributed by atoms with Crippen molar-refractivity contribution in [1.29, 1.82) is 0 Å². The summed E-state index contributed by atoms with van der Waals surface area (Å²) >= 11 is 0. The molecular formula is C13H16O3Si. The third-order valence-corrected chi connectivity index (χ3v) is 2.87. The summed E-state index contributed by atoms with van der Waals surface area (Å²) in [6.07, 6.45) is 0. The van der Waals surface area contributed by atoms with Gasteiger partial charge in [-0.15, -0.1) is 5.54 Å². The average molecular weight is 248 g/mol. The summed E-state index contributed by atoms with van der Waals surface area (Å²) in [7, 11) is -0.165. The first-order chi connectivity index (χ1) is 7.83. The van der Waals surface area contributed by atoms with Crippen LogP contribution in [0.4, 0.5) is 0 Å². The van der Waals surface area contributed by atoms with Gasteiger partial charge in [-0.3, -0.25) is 0 Å². The number of hydrogen-bond donors (Lipinski definition) is 1. The van der Waals surface area contributed by atoms with Gasteiger partial charge in [0, 0.05) is 0 Å². The molecule has 1 aromatic carbocycles. The molecule has 0 heterocycles. The van der Waals surface area contributed by atoms with E-state index < -0.39 is 14.0 Å². The van der Waals surface area contributed by atoms with E-state index in [-0.39, 0.29) is 5.75 Å². The predicted molar refractivity (Wildman–Crippen MR) is 69.7 cm³/mol. The molecule has 0 bridgehead atoms. The molecule has 0 saturated heterocycles. The lowest BCUT2D eigenvalue weighted by molar-refractivity contribution is 0.0600. The Labute approximate surface area is 102 Å². The fraction of sp³-hybridized carbons (Fsp3) is 0.308. The zero-order valence-corrected chi connectivity index (χ0v) is 11.5. The van der Waals surface area contributed by atoms with Crippen molar-refractivity contribution in [3.63, 3.8) is 0 Å². The first-order valence-corrected chi connectivity index (χ1v) is 8.78. The lowest BCUT2D eigenvalue weighted by Crippen LogP contribution is -2.16. The Hall–Kier alpha value is -1.73. The van der Waals surface area contributed by atoms with Crippen molar-refractivity contribution in [2.75, 3.05) is 7.11 Å². The van der Waals surface area contributed by atoms with Crippen LogP contribution in [0.3, 0.4) is 0 Å². The maximum absolute atomic E-state index is 11.2. The van der Waals surface area contributed by atoms with Crippen LogP contribution in [0.5, 0.6) is 5.75 Å². The predicted octanol–water partition coefficient (Wildman–Crippen LogP) is 2.41. The van der Waals surface area contributed by atoms with Crippen LogP contribution in [0, 0.1) is 11.5 Å². The van der Waals surface area contributed by atoms with Gasteiger partial charge in [0.1, 0.15) is 13.8 Å². The van der Waals surface area contributed by atoms with Crippen molar-refractivity contribution >= 4 is 14.0 Å². The van der Waals surface area contributed by atoms with Crippen LogP contribution < -0.4 is 0 Å². The topological polar surface area (TPSA) is 46.5 Å². The Bertz CT molecular complexity index is 490. The van der Waals surface area contributed by atoms with E-state index in [1.165, 1.54) is 13.2 Å². The van der Waals surface area contributed by atoms with Crippen molar-refractivity contribution < 1.29 is 14.6 Å². The van der Waals surface area contributed by atoms with Gasteiger partial charge in [0.2, 0.25) is 0 Å². The molecule has 0 aliphatic rings. The van der Waals surface area contributed by atoms with E-state index in [1.807, 2.05) is 0 Å². The molecule has 4 heteroatoms. The molecule has 0 fully saturated rings. The first-order valence-electron chi connectivity index (χ1n) is 5.28. The van der Waals surface area contributed by atoms with Crippen LogP contribution in [0.15, 0.2) is 18.2 Å². The number of ether oxygens (including phenoxy) is 1. The summed E-state index contributed by atoms with van der Waals surface area (Å²) in [5.41, 5.74) is 4.02. The third-order valence-electron chi connectivity index (χ3n) is 1.99. The van der Waals surface area contributed by atoms with Crippen molar-refractivity contribution in [2.24, 2.45) is 0 Å². The number of carbonyl (C=O) groups is 1. The SMILES string of the molecule is COC(=O)c1ccc(C#C[Si](C)(C)C)c(O)c1. The number of methoxy groups -OCH3 is 1. The minimum atomic E-state index is -1.47. The minimum Gasteiger partial charge on any atom is -0.507 e. The van der Waals surface area contributed by atoms with Gasteiger partial charge in [0.05, 0.1) is 18.2 Å². The van der Waals surface area contributed by atoms with Gasteiger partial charge in [-0.2, -0.15) is 0 Å². The van der Waals surface area contributed by atoms with Crippen molar-refractivity contribution in [3.05, 3.63) is 29.3 Å². The van der Waals surface area contributed by atoms with Gasteiger partial charge in [-0.25, -0.2) is 4.79 Å². The van der Waals surface area contributed by atoms with Crippen molar-refractivity contribution in [3.8, 4) is 17.2 Å². The highest BCUT2D eigenvalue weighted by atomic mass is 28.3. The Morgan fingerprint density at radius 1 is 1.35 bits per heavy atom. The van der Waals surface area contributed by atoms with E-state index in [9.17, 15) is 9.90 Å². The van der Waals surface area contributed by atoms with Crippen LogP contribution in [0.1, 0.15) is 15.9 Å². The average Bonchev–Trinajstić information content (AvgIpc) is 2.25. The molecule has 3 nitrogen and oxygen atoms in total. The fourth-order valence-corrected chi connectivity index (χ4v) is 1.65. The molecule has 0 radical (unpaired) electrons. The standard InChI is InChI=1S/C13H16O3Si/c1-16-13(15)11-6-5-10(12(14)9-11)7-8-17(2,3)4/h5-6,9,14H,1-4H3. The summed E-state index contributed by atoms with van der Waals surface area (Å²) < 4.78 is 4.57. The molecule has 0 atom stereocenters. The molecule has 0 amide bonds. The molecule has 0 saturated carbocycles. The Kier molecular flexibility index (Phi) is 3.97. The highest BCUT2D eigenvalue weighted by Gasteiger charge is 2.10. The van der Waals surface area contributed by atoms with E-state index >= 15 is 0 Å². The van der Waals surface area contributed by atoms with Crippen molar-refractivity contribution in [1.82, 2.24) is 0 Å². The van der Waals surface area contributed by atoms with Crippen molar-refractivity contribution in [2.45, 2.75) is 19.6 Å². The second-order valence-electron chi connectivity index (χ2n) is 4.72. The molecule has 0 aliphatic carbocycles. The molecule has 90 valence electrons. The summed E-state index contributed by atoms with van der Waals surface area (Å²) in [5, 5.41) is 9.74. The summed E-state index contributed by atoms with van der Waals surface area (Å²) in [6.45, 7) is 6.37. The monoisotopic (exact) mass is 248 g/mol. The quantitative estimate of drug-likeness (QED) is 0.471. The highest BCUT2D eigenvalue weighted by molar-refractivity contribution is 6.83. The second kappa shape index (κ2) is 5.06. The van der Waals surface area contributed by atoms with E-state index in [4.69, 9.17) is 0 Å². The normalized spacial score (nSPS) is 10.4. The van der Waals surface area contributed by atoms with Crippen LogP contribution in [-0.2, 0) is 4.74 Å². The van der Waals surface area contributed by atoms with Crippen LogP contribution in [-0.4, -0.2) is 26.3 Å². The van der Waals surface area contributed by atoms with E-state index in [0.717, 1.165) is 0 Å². The molecule has 1 aromatic rings. The number of carbonyl (C=O) groups excluding carboxylic acids is 1. The van der Waals surface area contributed by atoms with Gasteiger partial charge in [0.25, 0.3) is 0 Å². The maximum atomic E-state index is 11.2. The number of phenolic OH excluding ortho intramolecular Hbond substituents is 1. The van der Waals surface area contributed by atoms with E-state index in [2.05, 4.69) is 35.8 Å². The maximum Gasteiger partial charge on any atom is 0.337 e. The van der Waals surface area contributed by atoms with Gasteiger partial charge >= 0.3 is 5.97 Å². The molecule has 17 heavy (non-hydrogen) atoms. The number of rotatable bonds is 1. The number of aromatic hydroxyl groups is 1. The first kappa shape index (κ1) is 13.3. The van der Waals surface area contributed by atoms with Crippen LogP contribution in [0.25, 0.3) is 0 Å². The molecule has 1 rings (SSSR count). The largest absolute Gasteiger partial charge is 0.507 e. The lowest BCUT2D eigenvalue weighted by atomic mass is 10.1. The summed E-state index contributed by atoms with van der Waals surface area (Å²) in [6, 6.07) is 4.61. The van der Waals surface area contributed by atoms with Crippen LogP contribution in [0.2, 0.25) is 19.6 Å². The van der Waals surface area contributed by atoms with Gasteiger partial charge < -0.3 is 9.84 Å². The lowest BCUT2D eigenvalue weighted by Gasteiger charge is -2.05. The summed E-state index contributed by atoms with van der Waals surface area (Å²) in [5.74, 6) is 2.49. The van der Waals surface area contributed by atoms with E-state index in [1.54, 1.807) is 12.1 Å². The Balaban J connectivity index is 3.05. The van der Waals surface area contributed by atoms with Crippen LogP contribution >= 0.6 is 0 Å². The molecule has 0 aromatic heterocycles. The molecular weight excluding hydrogens is 232 g/mol. The Morgan fingerprint density at radius 2 is 2.00 bits per heavy atom. The van der Waals surface area contributed by atoms with Gasteiger partial charge in [-0.1, -0.05) is 25.6 Å². The molecule has 0 unspecified atom stereocenters. The number of hydrogen-bond acceptors (Lipinski definition) is 3. The highest BCUT2D eigenvalue weighted by Crippen LogP contribution is 2.18. The molecule has 0 spiro atoms. The zero-order valence-electron chi connectivity index (χ0n) is 10.5. The zero-order chi connectivity index (χ0) is 13.1. The number of esters is 1. The number of benzene rings is 1. The summed E-state index contributed by atoms with van der Waals surface area (Å²) in [4.78, 5) is 11.2. The van der Waals surface area contributed by atoms with E-state index in [0.29, 0.717) is 11.1 Å². The molecule has 1 N–H and O–H groups in total. The Morgan fingerprint density at radius 3 is 2.47 bits per heavy atom. The smallest absolute Gasteiger partial charge is 0.337 e. The second-order valence-corrected chi connectivity index (χ2v) is 9.47. The van der Waals surface area contributed by atoms with Gasteiger partial charge in [-0.05, 0) is 18.2 Å². The number of phenols is 1. The van der Waals surface area contributed by atoms with Gasteiger partial charge in [0.15, 0.2) is 0 Å². The minimum absolute atomic E-state index is 0.0126. The fourth-order valence-electron chi connectivity index (χ4n) is 1.14. The third kappa shape index (κ3) is 3.97. The molecule has 0 aliphatic heterocycles.